The fourth-order valence-electron chi connectivity index (χ4n) is 3.70. The second-order valence-electron chi connectivity index (χ2n) is 5.43. The molecule has 0 aromatic heterocycles. The number of hydrogen-bond donors (Lipinski definition) is 1. The topological polar surface area (TPSA) is 33.6 Å². The number of fused-ring (bicyclic) bond motifs is 1. The highest BCUT2D eigenvalue weighted by atomic mass is 16.5. The second-order valence-corrected chi connectivity index (χ2v) is 5.43. The summed E-state index contributed by atoms with van der Waals surface area (Å²) in [4.78, 5) is 4.35. The number of amidine groups is 1. The summed E-state index contributed by atoms with van der Waals surface area (Å²) in [5.74, 6) is 1.86. The van der Waals surface area contributed by atoms with Gasteiger partial charge in [0, 0.05) is 6.04 Å². The molecule has 1 aliphatic heterocycles. The van der Waals surface area contributed by atoms with E-state index in [1.807, 2.05) is 0 Å². The molecule has 0 saturated heterocycles. The summed E-state index contributed by atoms with van der Waals surface area (Å²) in [5.41, 5.74) is 0. The molecule has 3 aliphatic rings. The van der Waals surface area contributed by atoms with E-state index in [2.05, 4.69) is 10.3 Å². The van der Waals surface area contributed by atoms with Crippen LogP contribution in [-0.2, 0) is 4.74 Å². The summed E-state index contributed by atoms with van der Waals surface area (Å²) < 4.78 is 5.47. The lowest BCUT2D eigenvalue weighted by Gasteiger charge is -2.41. The van der Waals surface area contributed by atoms with Crippen LogP contribution in [0.3, 0.4) is 0 Å². The van der Waals surface area contributed by atoms with Crippen LogP contribution < -0.4 is 5.32 Å². The van der Waals surface area contributed by atoms with Crippen molar-refractivity contribution in [2.24, 2.45) is 16.8 Å². The third-order valence-electron chi connectivity index (χ3n) is 4.47. The lowest BCUT2D eigenvalue weighted by molar-refractivity contribution is 0.132. The standard InChI is InChI=1S/C13H22N2O/c1-2-6-11-10(4-1)5-3-7-12(11)15-13-14-8-9-16-13/h10-12H,1-9H2,(H,14,15)/t10-,11+,12+/m1/s1. The maximum atomic E-state index is 5.47. The number of aliphatic imine (C=N–C) groups is 1. The molecule has 0 aromatic rings. The third kappa shape index (κ3) is 2.04. The van der Waals surface area contributed by atoms with Crippen LogP contribution in [0, 0.1) is 11.8 Å². The molecule has 0 amide bonds. The van der Waals surface area contributed by atoms with Crippen LogP contribution in [0.4, 0.5) is 0 Å². The van der Waals surface area contributed by atoms with Crippen LogP contribution in [0.15, 0.2) is 4.99 Å². The van der Waals surface area contributed by atoms with Crippen LogP contribution in [0.5, 0.6) is 0 Å². The maximum absolute atomic E-state index is 5.47. The molecule has 3 rings (SSSR count). The quantitative estimate of drug-likeness (QED) is 0.738. The number of nitrogens with one attached hydrogen (secondary N) is 1. The van der Waals surface area contributed by atoms with Crippen LogP contribution in [0.25, 0.3) is 0 Å². The number of nitrogens with zero attached hydrogens (tertiary/aromatic N) is 1. The average Bonchev–Trinajstić information content (AvgIpc) is 2.82. The van der Waals surface area contributed by atoms with Crippen LogP contribution >= 0.6 is 0 Å². The van der Waals surface area contributed by atoms with E-state index in [9.17, 15) is 0 Å². The van der Waals surface area contributed by atoms with E-state index < -0.39 is 0 Å². The van der Waals surface area contributed by atoms with Gasteiger partial charge in [0.1, 0.15) is 6.61 Å². The summed E-state index contributed by atoms with van der Waals surface area (Å²) in [6, 6.07) is 1.45. The van der Waals surface area contributed by atoms with Gasteiger partial charge in [0.25, 0.3) is 6.02 Å². The van der Waals surface area contributed by atoms with Crippen molar-refractivity contribution in [2.45, 2.75) is 51.0 Å². The lowest BCUT2D eigenvalue weighted by atomic mass is 9.68. The molecule has 2 saturated carbocycles. The highest BCUT2D eigenvalue weighted by Gasteiger charge is 2.35. The Morgan fingerprint density at radius 2 is 1.94 bits per heavy atom. The fraction of sp³-hybridized carbons (Fsp3) is 0.923. The van der Waals surface area contributed by atoms with Crippen molar-refractivity contribution < 1.29 is 4.74 Å². The zero-order chi connectivity index (χ0) is 10.8. The Balaban J connectivity index is 1.63. The van der Waals surface area contributed by atoms with Crippen LogP contribution in [0.1, 0.15) is 44.9 Å². The van der Waals surface area contributed by atoms with E-state index in [1.54, 1.807) is 0 Å². The van der Waals surface area contributed by atoms with Crippen LogP contribution in [0.2, 0.25) is 0 Å². The Morgan fingerprint density at radius 1 is 1.06 bits per heavy atom. The smallest absolute Gasteiger partial charge is 0.285 e. The van der Waals surface area contributed by atoms with E-state index >= 15 is 0 Å². The predicted molar refractivity (Wildman–Crippen MR) is 64.5 cm³/mol. The lowest BCUT2D eigenvalue weighted by Crippen LogP contribution is -2.46. The number of ether oxygens (including phenoxy) is 1. The van der Waals surface area contributed by atoms with Gasteiger partial charge in [-0.3, -0.25) is 0 Å². The minimum atomic E-state index is 0.635. The second kappa shape index (κ2) is 4.64. The van der Waals surface area contributed by atoms with Crippen molar-refractivity contribution in [2.75, 3.05) is 13.2 Å². The summed E-state index contributed by atoms with van der Waals surface area (Å²) >= 11 is 0. The normalized spacial score (nSPS) is 38.5. The molecule has 1 heterocycles. The van der Waals surface area contributed by atoms with Gasteiger partial charge >= 0.3 is 0 Å². The highest BCUT2D eigenvalue weighted by molar-refractivity contribution is 5.75. The van der Waals surface area contributed by atoms with E-state index in [1.165, 1.54) is 44.9 Å². The predicted octanol–water partition coefficient (Wildman–Crippen LogP) is 2.32. The minimum Gasteiger partial charge on any atom is -0.463 e. The first-order valence-corrected chi connectivity index (χ1v) is 6.87. The fourth-order valence-corrected chi connectivity index (χ4v) is 3.70. The molecule has 0 aromatic carbocycles. The van der Waals surface area contributed by atoms with Gasteiger partial charge in [0.05, 0.1) is 6.54 Å². The van der Waals surface area contributed by atoms with E-state index in [0.29, 0.717) is 6.04 Å². The molecule has 0 radical (unpaired) electrons. The summed E-state index contributed by atoms with van der Waals surface area (Å²) in [6.07, 6.45) is 9.88. The Labute approximate surface area is 97.7 Å². The van der Waals surface area contributed by atoms with Gasteiger partial charge < -0.3 is 10.1 Å². The van der Waals surface area contributed by atoms with Gasteiger partial charge in [0.2, 0.25) is 0 Å². The summed E-state index contributed by atoms with van der Waals surface area (Å²) in [7, 11) is 0. The van der Waals surface area contributed by atoms with Gasteiger partial charge in [-0.1, -0.05) is 32.1 Å². The van der Waals surface area contributed by atoms with Gasteiger partial charge in [0.15, 0.2) is 0 Å². The maximum Gasteiger partial charge on any atom is 0.285 e. The summed E-state index contributed by atoms with van der Waals surface area (Å²) in [6.45, 7) is 1.60. The molecule has 2 fully saturated rings. The molecular weight excluding hydrogens is 200 g/mol. The zero-order valence-electron chi connectivity index (χ0n) is 9.95. The van der Waals surface area contributed by atoms with Crippen molar-refractivity contribution in [1.29, 1.82) is 0 Å². The minimum absolute atomic E-state index is 0.635. The average molecular weight is 222 g/mol. The van der Waals surface area contributed by atoms with Crippen molar-refractivity contribution in [3.63, 3.8) is 0 Å². The first kappa shape index (κ1) is 10.4. The molecule has 3 atom stereocenters. The molecule has 16 heavy (non-hydrogen) atoms. The molecule has 3 heteroatoms. The van der Waals surface area contributed by atoms with Crippen molar-refractivity contribution in [1.82, 2.24) is 5.32 Å². The van der Waals surface area contributed by atoms with E-state index in [4.69, 9.17) is 4.74 Å². The van der Waals surface area contributed by atoms with E-state index in [0.717, 1.165) is 31.0 Å². The zero-order valence-corrected chi connectivity index (χ0v) is 9.95. The van der Waals surface area contributed by atoms with E-state index in [-0.39, 0.29) is 0 Å². The van der Waals surface area contributed by atoms with Crippen molar-refractivity contribution in [3.8, 4) is 0 Å². The Bertz CT molecular complexity index is 275. The van der Waals surface area contributed by atoms with Crippen molar-refractivity contribution in [3.05, 3.63) is 0 Å². The first-order chi connectivity index (χ1) is 7.93. The number of hydrogen-bond acceptors (Lipinski definition) is 3. The SMILES string of the molecule is C1CC[C@H]2[C@H](C1)CCC[C@@H]2NC1=NCCO1. The molecule has 90 valence electrons. The van der Waals surface area contributed by atoms with Gasteiger partial charge in [-0.15, -0.1) is 0 Å². The third-order valence-corrected chi connectivity index (χ3v) is 4.47. The van der Waals surface area contributed by atoms with Gasteiger partial charge in [-0.25, -0.2) is 4.99 Å². The summed E-state index contributed by atoms with van der Waals surface area (Å²) in [5, 5.41) is 3.54. The van der Waals surface area contributed by atoms with Crippen molar-refractivity contribution >= 4 is 6.02 Å². The molecule has 0 unspecified atom stereocenters. The molecular formula is C13H22N2O. The Kier molecular flexibility index (Phi) is 3.02. The Morgan fingerprint density at radius 3 is 2.81 bits per heavy atom. The van der Waals surface area contributed by atoms with Gasteiger partial charge in [-0.05, 0) is 24.7 Å². The molecule has 1 N–H and O–H groups in total. The van der Waals surface area contributed by atoms with Crippen LogP contribution in [-0.4, -0.2) is 25.2 Å². The monoisotopic (exact) mass is 222 g/mol. The first-order valence-electron chi connectivity index (χ1n) is 6.87. The highest BCUT2D eigenvalue weighted by Crippen LogP contribution is 2.40. The Hall–Kier alpha value is -0.730. The molecule has 0 spiro atoms. The molecule has 0 bridgehead atoms. The molecule has 3 nitrogen and oxygen atoms in total. The van der Waals surface area contributed by atoms with Gasteiger partial charge in [-0.2, -0.15) is 0 Å². The molecule has 2 aliphatic carbocycles. The largest absolute Gasteiger partial charge is 0.463 e. The number of rotatable bonds is 1.